The van der Waals surface area contributed by atoms with Crippen molar-refractivity contribution in [1.82, 2.24) is 0 Å². The minimum absolute atomic E-state index is 0.223. The van der Waals surface area contributed by atoms with E-state index in [1.165, 1.54) is 36.3 Å². The zero-order valence-corrected chi connectivity index (χ0v) is 34.4. The van der Waals surface area contributed by atoms with Crippen molar-refractivity contribution in [3.63, 3.8) is 0 Å². The minimum Gasteiger partial charge on any atom is -0.385 e. The van der Waals surface area contributed by atoms with E-state index < -0.39 is 43.3 Å². The fourth-order valence-corrected chi connectivity index (χ4v) is 13.2. The van der Waals surface area contributed by atoms with E-state index in [1.807, 2.05) is 19.2 Å². The summed E-state index contributed by atoms with van der Waals surface area (Å²) in [4.78, 5) is 27.0. The number of carbonyl (C=O) groups excluding carboxylic acids is 2. The molecule has 4 aromatic rings. The number of amides is 4. The third-order valence-corrected chi connectivity index (χ3v) is 17.7. The molecule has 4 atom stereocenters. The molecule has 16 heteroatoms. The number of rotatable bonds is 7. The van der Waals surface area contributed by atoms with Gasteiger partial charge in [-0.2, -0.15) is 0 Å². The van der Waals surface area contributed by atoms with Crippen molar-refractivity contribution < 1.29 is 27.5 Å². The summed E-state index contributed by atoms with van der Waals surface area (Å²) in [6.07, 6.45) is 7.56. The van der Waals surface area contributed by atoms with Crippen molar-refractivity contribution in [2.75, 3.05) is 10.6 Å². The Morgan fingerprint density at radius 3 is 1.89 bits per heavy atom. The Hall–Kier alpha value is -3.51. The van der Waals surface area contributed by atoms with Crippen molar-refractivity contribution >= 4 is 65.9 Å². The van der Waals surface area contributed by atoms with Gasteiger partial charge in [-0.3, -0.25) is 0 Å². The van der Waals surface area contributed by atoms with Crippen LogP contribution in [0.1, 0.15) is 95.0 Å². The first-order valence-electron chi connectivity index (χ1n) is 18.5. The van der Waals surface area contributed by atoms with Crippen molar-refractivity contribution in [3.05, 3.63) is 90.4 Å². The molecule has 11 nitrogen and oxygen atoms in total. The Labute approximate surface area is 329 Å². The number of fused-ring (bicyclic) bond motifs is 4. The van der Waals surface area contributed by atoms with Crippen LogP contribution in [-0.4, -0.2) is 25.6 Å². The molecule has 292 valence electrons. The smallest absolute Gasteiger partial charge is 0.354 e. The molecule has 4 aliphatic carbocycles. The van der Waals surface area contributed by atoms with Crippen molar-refractivity contribution in [2.45, 2.75) is 105 Å². The van der Waals surface area contributed by atoms with Crippen LogP contribution in [0, 0.1) is 17.7 Å². The van der Waals surface area contributed by atoms with Crippen LogP contribution >= 0.6 is 22.7 Å². The molecular formula is C39H45FN6O5S4. The van der Waals surface area contributed by atoms with Gasteiger partial charge in [0.1, 0.15) is 4.21 Å². The van der Waals surface area contributed by atoms with E-state index in [-0.39, 0.29) is 26.8 Å². The second kappa shape index (κ2) is 13.9. The van der Waals surface area contributed by atoms with Crippen molar-refractivity contribution in [3.8, 4) is 0 Å². The lowest BCUT2D eigenvalue weighted by molar-refractivity contribution is 0.0823. The van der Waals surface area contributed by atoms with Gasteiger partial charge in [0, 0.05) is 16.3 Å². The number of nitrogens with one attached hydrogen (secondary N) is 2. The van der Waals surface area contributed by atoms with E-state index in [9.17, 15) is 27.5 Å². The zero-order valence-electron chi connectivity index (χ0n) is 31.1. The summed E-state index contributed by atoms with van der Waals surface area (Å²) in [6, 6.07) is 5.74. The van der Waals surface area contributed by atoms with Crippen LogP contribution in [0.4, 0.5) is 25.4 Å². The summed E-state index contributed by atoms with van der Waals surface area (Å²) in [7, 11) is -7.36. The van der Waals surface area contributed by atoms with Crippen LogP contribution < -0.4 is 20.9 Å². The Bertz CT molecular complexity index is 2550. The largest absolute Gasteiger partial charge is 0.385 e. The molecule has 0 spiro atoms. The Kier molecular flexibility index (Phi) is 9.66. The number of halogens is 1. The molecule has 4 unspecified atom stereocenters. The number of thiophene rings is 2. The van der Waals surface area contributed by atoms with Gasteiger partial charge >= 0.3 is 12.1 Å². The first-order chi connectivity index (χ1) is 25.9. The number of aliphatic hydroxyl groups is 1. The Morgan fingerprint density at radius 2 is 1.38 bits per heavy atom. The first kappa shape index (κ1) is 38.4. The maximum absolute atomic E-state index is 14.8. The van der Waals surface area contributed by atoms with Crippen molar-refractivity contribution in [1.29, 1.82) is 0 Å². The van der Waals surface area contributed by atoms with Gasteiger partial charge in [0.05, 0.1) is 5.60 Å². The summed E-state index contributed by atoms with van der Waals surface area (Å²) in [5.74, 6) is -0.115. The van der Waals surface area contributed by atoms with Gasteiger partial charge in [-0.25, -0.2) is 32.7 Å². The number of hydrogen-bond donors (Lipinski definition) is 5. The van der Waals surface area contributed by atoms with Gasteiger partial charge < -0.3 is 15.7 Å². The SMILES string of the molecule is CC(C)c1csc(S(N)(=O)=NC(=O)Nc2c3c(cc4c2CC(C2Cc5cc6c(c(NC(=O)N=S(N)(=O)c7sc(C(C)(C)O)cc7F)c5C2)CC6)C4)CCC3)c1. The molecule has 2 aromatic heterocycles. The van der Waals surface area contributed by atoms with E-state index in [0.717, 1.165) is 113 Å². The molecule has 2 aromatic carbocycles. The van der Waals surface area contributed by atoms with Crippen LogP contribution in [0.5, 0.6) is 0 Å². The Balaban J connectivity index is 1.03. The zero-order chi connectivity index (χ0) is 39.2. The molecule has 55 heavy (non-hydrogen) atoms. The van der Waals surface area contributed by atoms with Crippen LogP contribution in [-0.2, 0) is 76.8 Å². The highest BCUT2D eigenvalue weighted by Crippen LogP contribution is 2.48. The highest BCUT2D eigenvalue weighted by Gasteiger charge is 2.39. The van der Waals surface area contributed by atoms with Crippen LogP contribution in [0.2, 0.25) is 0 Å². The number of hydrogen-bond acceptors (Lipinski definition) is 7. The average Bonchev–Trinajstić information content (AvgIpc) is 3.90. The van der Waals surface area contributed by atoms with Gasteiger partial charge in [-0.1, -0.05) is 26.0 Å². The fourth-order valence-electron chi connectivity index (χ4n) is 8.60. The quantitative estimate of drug-likeness (QED) is 0.127. The first-order valence-corrected chi connectivity index (χ1v) is 23.4. The van der Waals surface area contributed by atoms with Crippen LogP contribution in [0.25, 0.3) is 0 Å². The fraction of sp³-hybridized carbons (Fsp3) is 0.436. The standard InChI is InChI=1S/C39H45FN6O5S4/c1-19(2)26-16-33(52-18-26)54(41,50)45-37(47)43-34-27-7-5-6-20(27)10-24-12-22(14-29(24)34)23-13-25-11-21-8-9-28(21)35(30(25)15-23)44-38(48)46-55(42,51)36-31(40)17-32(53-36)39(3,4)49/h10-11,16-19,22-23,49H,5-9,12-15H2,1-4H3,(H3,41,43,45,47,50)(H3,42,44,46,48,51). The van der Waals surface area contributed by atoms with E-state index in [2.05, 4.69) is 31.5 Å². The number of carbonyl (C=O) groups is 2. The molecule has 4 amide bonds. The second-order valence-corrected chi connectivity index (χ2v) is 22.1. The lowest BCUT2D eigenvalue weighted by Crippen LogP contribution is -2.21. The highest BCUT2D eigenvalue weighted by atomic mass is 32.2. The highest BCUT2D eigenvalue weighted by molar-refractivity contribution is 7.94. The van der Waals surface area contributed by atoms with Crippen LogP contribution in [0.3, 0.4) is 0 Å². The molecule has 8 rings (SSSR count). The molecule has 0 saturated carbocycles. The van der Waals surface area contributed by atoms with E-state index in [4.69, 9.17) is 10.3 Å². The van der Waals surface area contributed by atoms with E-state index >= 15 is 0 Å². The number of aryl methyl sites for hydroxylation is 2. The molecular weight excluding hydrogens is 780 g/mol. The summed E-state index contributed by atoms with van der Waals surface area (Å²) < 4.78 is 49.4. The van der Waals surface area contributed by atoms with Crippen molar-refractivity contribution in [2.24, 2.45) is 30.8 Å². The number of nitrogens with two attached hydrogens (primary N) is 2. The topological polar surface area (TPSA) is 189 Å². The summed E-state index contributed by atoms with van der Waals surface area (Å²) in [5, 5.41) is 30.3. The van der Waals surface area contributed by atoms with Gasteiger partial charge in [-0.05, 0) is 157 Å². The predicted octanol–water partition coefficient (Wildman–Crippen LogP) is 7.88. The summed E-state index contributed by atoms with van der Waals surface area (Å²) >= 11 is 1.99. The third kappa shape index (κ3) is 7.19. The minimum atomic E-state index is -3.93. The second-order valence-electron chi connectivity index (χ2n) is 16.1. The summed E-state index contributed by atoms with van der Waals surface area (Å²) in [6.45, 7) is 7.03. The predicted molar refractivity (Wildman–Crippen MR) is 216 cm³/mol. The lowest BCUT2D eigenvalue weighted by Gasteiger charge is -2.25. The molecule has 0 fully saturated rings. The molecule has 2 heterocycles. The van der Waals surface area contributed by atoms with Crippen LogP contribution in [0.15, 0.2) is 46.8 Å². The number of benzene rings is 2. The van der Waals surface area contributed by atoms with Gasteiger partial charge in [0.2, 0.25) is 0 Å². The molecule has 0 saturated heterocycles. The van der Waals surface area contributed by atoms with E-state index in [0.29, 0.717) is 16.3 Å². The number of nitrogens with zero attached hydrogens (tertiary/aromatic N) is 2. The average molecular weight is 825 g/mol. The molecule has 0 bridgehead atoms. The van der Waals surface area contributed by atoms with Gasteiger partial charge in [0.15, 0.2) is 29.9 Å². The number of urea groups is 2. The van der Waals surface area contributed by atoms with Gasteiger partial charge in [0.25, 0.3) is 0 Å². The molecule has 7 N–H and O–H groups in total. The monoisotopic (exact) mass is 824 g/mol. The maximum Gasteiger partial charge on any atom is 0.354 e. The molecule has 0 radical (unpaired) electrons. The maximum atomic E-state index is 14.8. The normalized spacial score (nSPS) is 20.5. The summed E-state index contributed by atoms with van der Waals surface area (Å²) in [5.41, 5.74) is 10.1. The molecule has 4 aliphatic rings. The number of anilines is 2. The van der Waals surface area contributed by atoms with Gasteiger partial charge in [-0.15, -0.1) is 31.4 Å². The Morgan fingerprint density at radius 1 is 0.818 bits per heavy atom. The third-order valence-electron chi connectivity index (χ3n) is 11.5. The lowest BCUT2D eigenvalue weighted by atomic mass is 9.83. The molecule has 0 aliphatic heterocycles. The van der Waals surface area contributed by atoms with E-state index in [1.54, 1.807) is 6.07 Å².